The van der Waals surface area contributed by atoms with E-state index >= 15 is 0 Å². The Balaban J connectivity index is 1.69. The second-order valence-corrected chi connectivity index (χ2v) is 6.47. The van der Waals surface area contributed by atoms with Gasteiger partial charge in [0.1, 0.15) is 16.4 Å². The van der Waals surface area contributed by atoms with E-state index in [2.05, 4.69) is 10.1 Å². The van der Waals surface area contributed by atoms with Gasteiger partial charge in [-0.3, -0.25) is 4.79 Å². The van der Waals surface area contributed by atoms with Gasteiger partial charge < -0.3 is 19.5 Å². The van der Waals surface area contributed by atoms with Crippen molar-refractivity contribution < 1.29 is 27.8 Å². The Kier molecular flexibility index (Phi) is 6.26. The molecule has 0 aliphatic carbocycles. The fourth-order valence-corrected chi connectivity index (χ4v) is 3.11. The summed E-state index contributed by atoms with van der Waals surface area (Å²) in [5.74, 6) is 0.582. The number of alkyl halides is 2. The van der Waals surface area contributed by atoms with E-state index < -0.39 is 12.5 Å². The third kappa shape index (κ3) is 5.00. The van der Waals surface area contributed by atoms with E-state index in [1.165, 1.54) is 18.6 Å². The molecule has 0 saturated carbocycles. The molecule has 0 spiro atoms. The van der Waals surface area contributed by atoms with Crippen LogP contribution in [-0.2, 0) is 0 Å². The molecule has 148 valence electrons. The summed E-state index contributed by atoms with van der Waals surface area (Å²) in [5, 5.41) is 13.1. The Labute approximate surface area is 168 Å². The lowest BCUT2D eigenvalue weighted by molar-refractivity contribution is -0.0498. The van der Waals surface area contributed by atoms with Crippen LogP contribution in [0.1, 0.15) is 15.2 Å². The summed E-state index contributed by atoms with van der Waals surface area (Å²) in [6.45, 7) is -3.01. The highest BCUT2D eigenvalue weighted by molar-refractivity contribution is 7.12. The lowest BCUT2D eigenvalue weighted by Gasteiger charge is -2.11. The number of thiophene rings is 1. The molecule has 3 aromatic rings. The molecule has 0 unspecified atom stereocenters. The summed E-state index contributed by atoms with van der Waals surface area (Å²) in [7, 11) is 1.47. The van der Waals surface area contributed by atoms with Gasteiger partial charge in [-0.15, -0.1) is 11.3 Å². The number of rotatable bonds is 7. The highest BCUT2D eigenvalue weighted by Gasteiger charge is 2.17. The zero-order valence-corrected chi connectivity index (χ0v) is 15.8. The molecule has 1 N–H and O–H groups in total. The van der Waals surface area contributed by atoms with Crippen molar-refractivity contribution in [2.45, 2.75) is 6.61 Å². The summed E-state index contributed by atoms with van der Waals surface area (Å²) in [5.41, 5.74) is 0.890. The number of nitrogens with zero attached hydrogens (tertiary/aromatic N) is 1. The zero-order valence-electron chi connectivity index (χ0n) is 15.0. The van der Waals surface area contributed by atoms with Crippen LogP contribution in [-0.4, -0.2) is 19.6 Å². The second kappa shape index (κ2) is 9.03. The lowest BCUT2D eigenvalue weighted by Crippen LogP contribution is -2.12. The van der Waals surface area contributed by atoms with E-state index in [1.807, 2.05) is 6.07 Å². The molecular formula is C20H14F2N2O4S. The van der Waals surface area contributed by atoms with Crippen LogP contribution < -0.4 is 19.5 Å². The van der Waals surface area contributed by atoms with E-state index in [1.54, 1.807) is 42.5 Å². The Bertz CT molecular complexity index is 1050. The molecule has 0 radical (unpaired) electrons. The van der Waals surface area contributed by atoms with Gasteiger partial charge in [-0.1, -0.05) is 0 Å². The summed E-state index contributed by atoms with van der Waals surface area (Å²) in [6.07, 6.45) is 0. The smallest absolute Gasteiger partial charge is 0.387 e. The van der Waals surface area contributed by atoms with Crippen molar-refractivity contribution in [3.8, 4) is 29.1 Å². The fourth-order valence-electron chi connectivity index (χ4n) is 2.39. The van der Waals surface area contributed by atoms with Crippen molar-refractivity contribution in [2.24, 2.45) is 0 Å². The van der Waals surface area contributed by atoms with Crippen molar-refractivity contribution in [3.63, 3.8) is 0 Å². The normalized spacial score (nSPS) is 10.3. The van der Waals surface area contributed by atoms with E-state index in [-0.39, 0.29) is 10.6 Å². The lowest BCUT2D eigenvalue weighted by atomic mass is 10.2. The van der Waals surface area contributed by atoms with Crippen molar-refractivity contribution in [2.75, 3.05) is 12.4 Å². The third-order valence-corrected chi connectivity index (χ3v) is 4.58. The number of benzene rings is 2. The summed E-state index contributed by atoms with van der Waals surface area (Å²) < 4.78 is 40.1. The number of amides is 1. The Morgan fingerprint density at radius 1 is 1.10 bits per heavy atom. The van der Waals surface area contributed by atoms with E-state index in [0.29, 0.717) is 28.5 Å². The molecule has 3 rings (SSSR count). The van der Waals surface area contributed by atoms with Crippen LogP contribution in [0.2, 0.25) is 0 Å². The SMILES string of the molecule is COc1cc(C#N)ccc1Oc1ccc(NC(=O)c2sccc2OC(F)F)cc1. The van der Waals surface area contributed by atoms with Crippen LogP contribution >= 0.6 is 11.3 Å². The van der Waals surface area contributed by atoms with E-state index in [0.717, 1.165) is 11.3 Å². The zero-order chi connectivity index (χ0) is 20.8. The number of ether oxygens (including phenoxy) is 3. The fraction of sp³-hybridized carbons (Fsp3) is 0.100. The van der Waals surface area contributed by atoms with Crippen molar-refractivity contribution in [1.29, 1.82) is 5.26 Å². The molecule has 1 heterocycles. The first-order valence-corrected chi connectivity index (χ1v) is 9.08. The van der Waals surface area contributed by atoms with Crippen LogP contribution in [0.25, 0.3) is 0 Å². The maximum atomic E-state index is 12.4. The third-order valence-electron chi connectivity index (χ3n) is 3.68. The number of carbonyl (C=O) groups excluding carboxylic acids is 1. The number of anilines is 1. The van der Waals surface area contributed by atoms with E-state index in [9.17, 15) is 13.6 Å². The van der Waals surface area contributed by atoms with Crippen molar-refractivity contribution in [3.05, 3.63) is 64.4 Å². The first-order chi connectivity index (χ1) is 14.0. The van der Waals surface area contributed by atoms with Gasteiger partial charge in [0.25, 0.3) is 5.91 Å². The van der Waals surface area contributed by atoms with Gasteiger partial charge in [0.15, 0.2) is 11.5 Å². The number of nitrogens with one attached hydrogen (secondary N) is 1. The predicted molar refractivity (Wildman–Crippen MR) is 103 cm³/mol. The van der Waals surface area contributed by atoms with Gasteiger partial charge in [0.2, 0.25) is 0 Å². The molecule has 0 aliphatic heterocycles. The minimum atomic E-state index is -3.01. The van der Waals surface area contributed by atoms with E-state index in [4.69, 9.17) is 14.7 Å². The molecule has 1 aromatic heterocycles. The van der Waals surface area contributed by atoms with Crippen molar-refractivity contribution in [1.82, 2.24) is 0 Å². The highest BCUT2D eigenvalue weighted by Crippen LogP contribution is 2.33. The standard InChI is InChI=1S/C20H14F2N2O4S/c1-26-17-10-12(11-23)2-7-15(17)27-14-5-3-13(4-6-14)24-19(25)18-16(8-9-29-18)28-20(21)22/h2-10,20H,1H3,(H,24,25). The topological polar surface area (TPSA) is 80.6 Å². The maximum absolute atomic E-state index is 12.4. The largest absolute Gasteiger partial charge is 0.493 e. The van der Waals surface area contributed by atoms with Gasteiger partial charge in [-0.25, -0.2) is 0 Å². The minimum absolute atomic E-state index is 0.0490. The van der Waals surface area contributed by atoms with Gasteiger partial charge >= 0.3 is 6.61 Å². The summed E-state index contributed by atoms with van der Waals surface area (Å²) in [6, 6.07) is 14.6. The molecule has 0 atom stereocenters. The number of halogens is 2. The molecule has 6 nitrogen and oxygen atoms in total. The first kappa shape index (κ1) is 20.1. The van der Waals surface area contributed by atoms with Crippen LogP contribution in [0.4, 0.5) is 14.5 Å². The van der Waals surface area contributed by atoms with Gasteiger partial charge in [0, 0.05) is 11.8 Å². The Hall–Kier alpha value is -3.64. The molecule has 9 heteroatoms. The minimum Gasteiger partial charge on any atom is -0.493 e. The van der Waals surface area contributed by atoms with Crippen LogP contribution in [0.3, 0.4) is 0 Å². The Morgan fingerprint density at radius 3 is 2.52 bits per heavy atom. The number of methoxy groups -OCH3 is 1. The highest BCUT2D eigenvalue weighted by atomic mass is 32.1. The van der Waals surface area contributed by atoms with Gasteiger partial charge in [-0.2, -0.15) is 14.0 Å². The van der Waals surface area contributed by atoms with Crippen LogP contribution in [0, 0.1) is 11.3 Å². The number of carbonyl (C=O) groups is 1. The van der Waals surface area contributed by atoms with Crippen molar-refractivity contribution >= 4 is 22.9 Å². The molecule has 0 fully saturated rings. The monoisotopic (exact) mass is 416 g/mol. The number of nitriles is 1. The molecule has 29 heavy (non-hydrogen) atoms. The van der Waals surface area contributed by atoms with Gasteiger partial charge in [-0.05, 0) is 47.8 Å². The van der Waals surface area contributed by atoms with Crippen LogP contribution in [0.5, 0.6) is 23.0 Å². The second-order valence-electron chi connectivity index (χ2n) is 5.55. The summed E-state index contributed by atoms with van der Waals surface area (Å²) in [4.78, 5) is 12.3. The molecule has 0 bridgehead atoms. The number of hydrogen-bond acceptors (Lipinski definition) is 6. The number of hydrogen-bond donors (Lipinski definition) is 1. The van der Waals surface area contributed by atoms with Gasteiger partial charge in [0.05, 0.1) is 18.7 Å². The Morgan fingerprint density at radius 2 is 1.86 bits per heavy atom. The first-order valence-electron chi connectivity index (χ1n) is 8.20. The maximum Gasteiger partial charge on any atom is 0.387 e. The average molecular weight is 416 g/mol. The molecule has 0 saturated heterocycles. The molecule has 1 amide bonds. The van der Waals surface area contributed by atoms with Crippen LogP contribution in [0.15, 0.2) is 53.9 Å². The molecular weight excluding hydrogens is 402 g/mol. The molecule has 2 aromatic carbocycles. The predicted octanol–water partition coefficient (Wildman–Crippen LogP) is 5.27. The summed E-state index contributed by atoms with van der Waals surface area (Å²) >= 11 is 0.999. The average Bonchev–Trinajstić information content (AvgIpc) is 3.17. The quantitative estimate of drug-likeness (QED) is 0.567. The molecule has 0 aliphatic rings.